The van der Waals surface area contributed by atoms with Gasteiger partial charge in [0.2, 0.25) is 0 Å². The van der Waals surface area contributed by atoms with Gasteiger partial charge in [-0.3, -0.25) is 20.4 Å². The number of hydrogen-bond acceptors (Lipinski definition) is 6. The second-order valence-corrected chi connectivity index (χ2v) is 7.04. The fourth-order valence-electron chi connectivity index (χ4n) is 3.14. The summed E-state index contributed by atoms with van der Waals surface area (Å²) in [6.45, 7) is -1.31. The minimum atomic E-state index is -1.45. The van der Waals surface area contributed by atoms with E-state index in [-0.39, 0.29) is 23.9 Å². The number of amidine groups is 1. The minimum Gasteiger partial charge on any atom is -0.465 e. The standard InChI is InChI=1S/C14H12F3N3O5S/c15-3-10-8-4-18-12(19-13(21)22)26-14(8,5-25-10)7-1-6(20(23)24)2-9(16)11(7)17/h1-2,8,10H,3-5H2,(H,18,19)(H,21,22)/t8-,10+,14+/m0/s1. The van der Waals surface area contributed by atoms with Crippen molar-refractivity contribution in [1.82, 2.24) is 5.32 Å². The lowest BCUT2D eigenvalue weighted by molar-refractivity contribution is -0.385. The number of amides is 1. The van der Waals surface area contributed by atoms with E-state index < -0.39 is 51.8 Å². The summed E-state index contributed by atoms with van der Waals surface area (Å²) in [5.41, 5.74) is -1.05. The lowest BCUT2D eigenvalue weighted by Gasteiger charge is -2.37. The van der Waals surface area contributed by atoms with E-state index in [1.54, 1.807) is 0 Å². The third-order valence-corrected chi connectivity index (χ3v) is 5.74. The second kappa shape index (κ2) is 6.76. The number of rotatable bonds is 3. The van der Waals surface area contributed by atoms with Crippen LogP contribution in [0.1, 0.15) is 5.56 Å². The number of ether oxygens (including phenoxy) is 1. The van der Waals surface area contributed by atoms with Crippen molar-refractivity contribution in [2.45, 2.75) is 10.9 Å². The first-order chi connectivity index (χ1) is 12.3. The summed E-state index contributed by atoms with van der Waals surface area (Å²) in [4.78, 5) is 25.0. The van der Waals surface area contributed by atoms with Gasteiger partial charge in [-0.2, -0.15) is 0 Å². The van der Waals surface area contributed by atoms with Crippen LogP contribution in [-0.4, -0.2) is 47.2 Å². The summed E-state index contributed by atoms with van der Waals surface area (Å²) in [5.74, 6) is -3.51. The highest BCUT2D eigenvalue weighted by atomic mass is 32.2. The molecular weight excluding hydrogens is 379 g/mol. The molecule has 0 aromatic heterocycles. The molecule has 2 aliphatic rings. The van der Waals surface area contributed by atoms with Crippen LogP contribution in [0.15, 0.2) is 17.1 Å². The number of thioether (sulfide) groups is 1. The molecule has 0 radical (unpaired) electrons. The van der Waals surface area contributed by atoms with Gasteiger partial charge in [-0.15, -0.1) is 0 Å². The van der Waals surface area contributed by atoms with E-state index in [0.717, 1.165) is 17.8 Å². The van der Waals surface area contributed by atoms with Crippen molar-refractivity contribution in [2.24, 2.45) is 10.9 Å². The Kier molecular flexibility index (Phi) is 4.80. The first-order valence-electron chi connectivity index (χ1n) is 7.33. The van der Waals surface area contributed by atoms with Crippen LogP contribution in [-0.2, 0) is 9.48 Å². The predicted molar refractivity (Wildman–Crippen MR) is 84.9 cm³/mol. The van der Waals surface area contributed by atoms with Gasteiger partial charge in [-0.1, -0.05) is 11.8 Å². The number of fused-ring (bicyclic) bond motifs is 1. The number of aliphatic imine (C=N–C) groups is 1. The maximum absolute atomic E-state index is 14.5. The number of nitro groups is 1. The number of halogens is 3. The van der Waals surface area contributed by atoms with Gasteiger partial charge in [-0.05, 0) is 0 Å². The lowest BCUT2D eigenvalue weighted by atomic mass is 9.83. The van der Waals surface area contributed by atoms with Crippen molar-refractivity contribution in [3.63, 3.8) is 0 Å². The van der Waals surface area contributed by atoms with Crippen LogP contribution in [0.3, 0.4) is 0 Å². The average molecular weight is 391 g/mol. The molecule has 0 spiro atoms. The number of benzene rings is 1. The first kappa shape index (κ1) is 18.5. The minimum absolute atomic E-state index is 0.108. The van der Waals surface area contributed by atoms with Crippen molar-refractivity contribution in [3.05, 3.63) is 39.4 Å². The zero-order valence-corrected chi connectivity index (χ0v) is 13.8. The molecule has 26 heavy (non-hydrogen) atoms. The fourth-order valence-corrected chi connectivity index (χ4v) is 4.53. The van der Waals surface area contributed by atoms with Crippen molar-refractivity contribution < 1.29 is 32.7 Å². The van der Waals surface area contributed by atoms with E-state index in [9.17, 15) is 28.1 Å². The van der Waals surface area contributed by atoms with E-state index in [1.807, 2.05) is 5.32 Å². The zero-order chi connectivity index (χ0) is 19.1. The Hall–Kier alpha value is -2.34. The van der Waals surface area contributed by atoms with E-state index >= 15 is 0 Å². The highest BCUT2D eigenvalue weighted by molar-refractivity contribution is 8.14. The highest BCUT2D eigenvalue weighted by Crippen LogP contribution is 2.53. The number of alkyl halides is 1. The molecule has 12 heteroatoms. The number of nitrogens with one attached hydrogen (secondary N) is 1. The van der Waals surface area contributed by atoms with Crippen LogP contribution in [0.5, 0.6) is 0 Å². The number of non-ortho nitro benzene ring substituents is 1. The van der Waals surface area contributed by atoms with Crippen molar-refractivity contribution in [2.75, 3.05) is 19.8 Å². The second-order valence-electron chi connectivity index (χ2n) is 5.72. The van der Waals surface area contributed by atoms with Gasteiger partial charge in [0.15, 0.2) is 16.8 Å². The fraction of sp³-hybridized carbons (Fsp3) is 0.429. The van der Waals surface area contributed by atoms with Crippen LogP contribution in [0, 0.1) is 27.7 Å². The van der Waals surface area contributed by atoms with Gasteiger partial charge < -0.3 is 9.84 Å². The largest absolute Gasteiger partial charge is 0.465 e. The Morgan fingerprint density at radius 2 is 2.27 bits per heavy atom. The molecule has 3 atom stereocenters. The molecule has 1 saturated heterocycles. The van der Waals surface area contributed by atoms with Crippen LogP contribution < -0.4 is 5.32 Å². The molecule has 1 aromatic carbocycles. The topological polar surface area (TPSA) is 114 Å². The molecule has 8 nitrogen and oxygen atoms in total. The number of carbonyl (C=O) groups is 1. The van der Waals surface area contributed by atoms with E-state index in [0.29, 0.717) is 6.07 Å². The maximum atomic E-state index is 14.5. The van der Waals surface area contributed by atoms with Crippen LogP contribution in [0.2, 0.25) is 0 Å². The Labute approximate surface area is 148 Å². The van der Waals surface area contributed by atoms with E-state index in [1.165, 1.54) is 0 Å². The molecule has 1 fully saturated rings. The van der Waals surface area contributed by atoms with Crippen molar-refractivity contribution in [1.29, 1.82) is 0 Å². The maximum Gasteiger partial charge on any atom is 0.410 e. The molecule has 0 unspecified atom stereocenters. The molecule has 2 heterocycles. The monoisotopic (exact) mass is 391 g/mol. The Balaban J connectivity index is 2.14. The Morgan fingerprint density at radius 1 is 1.54 bits per heavy atom. The number of hydrogen-bond donors (Lipinski definition) is 2. The molecule has 0 saturated carbocycles. The molecular formula is C14H12F3N3O5S. The molecule has 140 valence electrons. The molecule has 1 aromatic rings. The van der Waals surface area contributed by atoms with Gasteiger partial charge >= 0.3 is 6.09 Å². The summed E-state index contributed by atoms with van der Waals surface area (Å²) in [5, 5.41) is 21.8. The lowest BCUT2D eigenvalue weighted by Crippen LogP contribution is -2.44. The number of nitrogens with zero attached hydrogens (tertiary/aromatic N) is 2. The molecule has 0 aliphatic carbocycles. The van der Waals surface area contributed by atoms with E-state index in [4.69, 9.17) is 9.84 Å². The quantitative estimate of drug-likeness (QED) is 0.604. The predicted octanol–water partition coefficient (Wildman–Crippen LogP) is 2.42. The van der Waals surface area contributed by atoms with Crippen LogP contribution in [0.25, 0.3) is 0 Å². The molecule has 0 bridgehead atoms. The molecule has 3 rings (SSSR count). The van der Waals surface area contributed by atoms with Gasteiger partial charge in [0.1, 0.15) is 6.67 Å². The molecule has 1 amide bonds. The normalized spacial score (nSPS) is 27.6. The van der Waals surface area contributed by atoms with Gasteiger partial charge in [0.25, 0.3) is 5.69 Å². The number of carboxylic acid groups (broad SMARTS) is 1. The van der Waals surface area contributed by atoms with Crippen LogP contribution in [0.4, 0.5) is 23.7 Å². The summed E-state index contributed by atoms with van der Waals surface area (Å²) in [7, 11) is 0. The summed E-state index contributed by atoms with van der Waals surface area (Å²) in [6, 6.07) is 1.32. The van der Waals surface area contributed by atoms with Crippen molar-refractivity contribution >= 4 is 28.7 Å². The third kappa shape index (κ3) is 2.98. The zero-order valence-electron chi connectivity index (χ0n) is 12.9. The summed E-state index contributed by atoms with van der Waals surface area (Å²) in [6.07, 6.45) is -2.39. The molecule has 2 aliphatic heterocycles. The van der Waals surface area contributed by atoms with Crippen LogP contribution >= 0.6 is 11.8 Å². The summed E-state index contributed by atoms with van der Waals surface area (Å²) < 4.78 is 45.7. The highest BCUT2D eigenvalue weighted by Gasteiger charge is 2.56. The smallest absolute Gasteiger partial charge is 0.410 e. The SMILES string of the molecule is O=C(O)NC1=NC[C@H]2[C@@H](CF)OC[C@]2(c2cc([N+](=O)[O-])cc(F)c2F)S1. The molecule has 2 N–H and O–H groups in total. The van der Waals surface area contributed by atoms with Crippen molar-refractivity contribution in [3.8, 4) is 0 Å². The Morgan fingerprint density at radius 3 is 2.88 bits per heavy atom. The first-order valence-corrected chi connectivity index (χ1v) is 8.15. The number of nitro benzene ring substituents is 1. The third-order valence-electron chi connectivity index (χ3n) is 4.32. The van der Waals surface area contributed by atoms with Gasteiger partial charge in [0, 0.05) is 24.1 Å². The summed E-state index contributed by atoms with van der Waals surface area (Å²) >= 11 is 0.731. The van der Waals surface area contributed by atoms with Gasteiger partial charge in [-0.25, -0.2) is 18.0 Å². The van der Waals surface area contributed by atoms with E-state index in [2.05, 4.69) is 4.99 Å². The Bertz CT molecular complexity index is 808. The van der Waals surface area contributed by atoms with Gasteiger partial charge in [0.05, 0.1) is 28.4 Å². The average Bonchev–Trinajstić information content (AvgIpc) is 2.95.